The summed E-state index contributed by atoms with van der Waals surface area (Å²) in [5.41, 5.74) is 3.52. The molecule has 2 aromatic rings. The van der Waals surface area contributed by atoms with Crippen molar-refractivity contribution >= 4 is 76.9 Å². The van der Waals surface area contributed by atoms with E-state index in [1.807, 2.05) is 31.3 Å². The van der Waals surface area contributed by atoms with Crippen molar-refractivity contribution in [2.75, 3.05) is 61.0 Å². The van der Waals surface area contributed by atoms with Crippen LogP contribution in [-0.4, -0.2) is 97.2 Å². The number of nitrogens with one attached hydrogen (secondary N) is 1. The Balaban J connectivity index is 0.000000438. The highest BCUT2D eigenvalue weighted by Crippen LogP contribution is 2.37. The Morgan fingerprint density at radius 1 is 1.19 bits per heavy atom. The Bertz CT molecular complexity index is 1750. The molecular formula is C38H55Cl2FN3O11PS. The first kappa shape index (κ1) is 51.8. The van der Waals surface area contributed by atoms with Crippen molar-refractivity contribution in [3.8, 4) is 5.75 Å². The summed E-state index contributed by atoms with van der Waals surface area (Å²) < 4.78 is 40.2. The number of carboxylic acids is 1. The van der Waals surface area contributed by atoms with Gasteiger partial charge in [-0.25, -0.2) is 14.1 Å². The number of carbonyl (C=O) groups excluding carboxylic acids is 3. The third-order valence-corrected chi connectivity index (χ3v) is 8.97. The van der Waals surface area contributed by atoms with Crippen molar-refractivity contribution in [2.24, 2.45) is 0 Å². The maximum Gasteiger partial charge on any atom is 0.427 e. The van der Waals surface area contributed by atoms with Gasteiger partial charge in [-0.05, 0) is 93.5 Å². The van der Waals surface area contributed by atoms with Gasteiger partial charge in [-0.15, -0.1) is 11.6 Å². The molecule has 2 unspecified atom stereocenters. The van der Waals surface area contributed by atoms with Crippen LogP contribution in [0.5, 0.6) is 5.75 Å². The van der Waals surface area contributed by atoms with Crippen LogP contribution in [0.3, 0.4) is 0 Å². The van der Waals surface area contributed by atoms with Gasteiger partial charge in [-0.1, -0.05) is 36.7 Å². The minimum atomic E-state index is -4.35. The van der Waals surface area contributed by atoms with Crippen LogP contribution in [0.2, 0.25) is 5.02 Å². The minimum absolute atomic E-state index is 0.00962. The van der Waals surface area contributed by atoms with Crippen LogP contribution in [0.15, 0.2) is 41.7 Å². The second kappa shape index (κ2) is 25.3. The largest absolute Gasteiger partial charge is 0.778 e. The number of carboxylic acid groups (broad SMARTS) is 1. The van der Waals surface area contributed by atoms with Gasteiger partial charge in [0.25, 0.3) is 0 Å². The van der Waals surface area contributed by atoms with Gasteiger partial charge >= 0.3 is 18.0 Å². The number of anilines is 2. The topological polar surface area (TPSA) is 195 Å². The molecule has 2 fully saturated rings. The molecule has 1 aliphatic carbocycles. The molecule has 19 heteroatoms. The number of aryl methyl sites for hydroxylation is 2. The Hall–Kier alpha value is -3.21. The lowest BCUT2D eigenvalue weighted by Crippen LogP contribution is -2.43. The van der Waals surface area contributed by atoms with E-state index in [9.17, 15) is 33.0 Å². The van der Waals surface area contributed by atoms with E-state index in [1.165, 1.54) is 6.07 Å². The molecule has 3 N–H and O–H groups in total. The van der Waals surface area contributed by atoms with Crippen molar-refractivity contribution in [3.63, 3.8) is 0 Å². The maximum atomic E-state index is 14.3. The number of alkyl halides is 1. The molecule has 3 amide bonds. The van der Waals surface area contributed by atoms with E-state index < -0.39 is 44.2 Å². The number of ether oxygens (including phenoxy) is 3. The van der Waals surface area contributed by atoms with Gasteiger partial charge in [0, 0.05) is 13.2 Å². The van der Waals surface area contributed by atoms with Crippen LogP contribution in [0.1, 0.15) is 64.5 Å². The smallest absolute Gasteiger partial charge is 0.427 e. The molecule has 1 saturated carbocycles. The number of benzene rings is 2. The molecule has 1 heterocycles. The minimum Gasteiger partial charge on any atom is -0.778 e. The fraction of sp³-hybridized carbons (Fsp3) is 0.526. The number of methoxy groups -OCH3 is 1. The lowest BCUT2D eigenvalue weighted by Gasteiger charge is -2.31. The van der Waals surface area contributed by atoms with E-state index in [-0.39, 0.29) is 46.2 Å². The predicted octanol–water partition coefficient (Wildman–Crippen LogP) is 6.40. The number of carbonyl (C=O) groups is 4. The van der Waals surface area contributed by atoms with E-state index in [0.717, 1.165) is 55.0 Å². The normalized spacial score (nSPS) is 15.3. The monoisotopic (exact) mass is 881 g/mol. The second-order valence-electron chi connectivity index (χ2n) is 13.6. The predicted molar refractivity (Wildman–Crippen MR) is 222 cm³/mol. The lowest BCUT2D eigenvalue weighted by atomic mass is 10.0. The summed E-state index contributed by atoms with van der Waals surface area (Å²) in [7, 11) is -2.07. The molecule has 0 spiro atoms. The Morgan fingerprint density at radius 2 is 1.79 bits per heavy atom. The summed E-state index contributed by atoms with van der Waals surface area (Å²) >= 11 is 11.8. The molecule has 14 nitrogen and oxygen atoms in total. The molecule has 0 bridgehead atoms. The highest BCUT2D eigenvalue weighted by Gasteiger charge is 2.40. The van der Waals surface area contributed by atoms with Gasteiger partial charge in [0.2, 0.25) is 5.91 Å². The van der Waals surface area contributed by atoms with Crippen molar-refractivity contribution in [1.29, 1.82) is 0 Å². The van der Waals surface area contributed by atoms with Gasteiger partial charge in [0.05, 0.1) is 66.7 Å². The van der Waals surface area contributed by atoms with Crippen LogP contribution in [-0.2, 0) is 45.7 Å². The van der Waals surface area contributed by atoms with E-state index in [2.05, 4.69) is 31.8 Å². The highest BCUT2D eigenvalue weighted by atomic mass is 35.5. The molecule has 1 saturated heterocycles. The zero-order valence-electron chi connectivity index (χ0n) is 33.9. The second-order valence-corrected chi connectivity index (χ2v) is 18.3. The number of halogens is 3. The summed E-state index contributed by atoms with van der Waals surface area (Å²) in [6, 6.07) is 8.37. The van der Waals surface area contributed by atoms with Crippen molar-refractivity contribution in [3.05, 3.63) is 63.6 Å². The lowest BCUT2D eigenvalue weighted by molar-refractivity contribution is -0.193. The van der Waals surface area contributed by atoms with Crippen LogP contribution in [0.4, 0.5) is 20.6 Å². The summed E-state index contributed by atoms with van der Waals surface area (Å²) in [6.45, 7) is 9.35. The Labute approximate surface area is 347 Å². The standard InChI is InChI=1S/C17H17ClFNO4.C15H22ClNO2.C3H8NO5P.C3H9S/c1-9(2)15-16(21)20(17(22)24-15)13-8-14(11(18)7-12(13)19)23-10-5-3-4-6-10;1-5-13-8-6-7-11(2)15(13)17(14(18)9-16)12(3)10-19-4;5-3(6)1-4-2-10(7,8)9;1-4(2)3/h7-8,10H,3-6H2,1-2H3;6-8,12H,5,9-10H2,1-4H3;4H,1-2H2,(H,5,6)(H2,7,8,9);1-3H3/q;;;+1/p-1. The molecule has 2 atom stereocenters. The maximum absolute atomic E-state index is 14.3. The molecule has 0 aromatic heterocycles. The first-order chi connectivity index (χ1) is 26.6. The van der Waals surface area contributed by atoms with Crippen LogP contribution >= 0.6 is 30.8 Å². The number of para-hydroxylation sites is 1. The number of hydrogen-bond acceptors (Lipinski definition) is 10. The average molecular weight is 883 g/mol. The highest BCUT2D eigenvalue weighted by molar-refractivity contribution is 7.94. The molecule has 57 heavy (non-hydrogen) atoms. The zero-order valence-corrected chi connectivity index (χ0v) is 37.1. The number of hydrogen-bond donors (Lipinski definition) is 3. The molecule has 2 aromatic carbocycles. The average Bonchev–Trinajstić information content (AvgIpc) is 3.73. The third-order valence-electron chi connectivity index (χ3n) is 7.82. The quantitative estimate of drug-likeness (QED) is 0.0869. The van der Waals surface area contributed by atoms with Crippen LogP contribution in [0, 0.1) is 12.7 Å². The van der Waals surface area contributed by atoms with Crippen molar-refractivity contribution < 1.29 is 57.2 Å². The van der Waals surface area contributed by atoms with Gasteiger partial charge in [0.15, 0.2) is 5.76 Å². The number of nitrogens with zero attached hydrogens (tertiary/aromatic N) is 2. The van der Waals surface area contributed by atoms with E-state index in [0.29, 0.717) is 28.0 Å². The third kappa shape index (κ3) is 17.7. The Morgan fingerprint density at radius 3 is 2.26 bits per heavy atom. The molecule has 0 radical (unpaired) electrons. The van der Waals surface area contributed by atoms with Gasteiger partial charge in [-0.3, -0.25) is 19.7 Å². The molecule has 1 aliphatic heterocycles. The fourth-order valence-corrected chi connectivity index (χ4v) is 6.19. The van der Waals surface area contributed by atoms with Gasteiger partial charge in [-0.2, -0.15) is 0 Å². The molecule has 2 aliphatic rings. The SMILES string of the molecule is CC(C)=C1OC(=O)N(c2cc(OC3CCCC3)c(Cl)cc2F)C1=O.CCc1cccc(C)c1N(C(=O)CCl)C(C)COC.C[S+](C)C.O=C(O)CNCP(=O)([O-])O. The van der Waals surface area contributed by atoms with E-state index >= 15 is 0 Å². The number of aliphatic carboxylic acids is 1. The van der Waals surface area contributed by atoms with Crippen LogP contribution in [0.25, 0.3) is 0 Å². The number of allylic oxidation sites excluding steroid dienone is 1. The molecule has 320 valence electrons. The van der Waals surface area contributed by atoms with Crippen LogP contribution < -0.4 is 24.7 Å². The first-order valence-corrected chi connectivity index (χ1v) is 23.0. The van der Waals surface area contributed by atoms with E-state index in [1.54, 1.807) is 25.9 Å². The molecule has 4 rings (SSSR count). The first-order valence-electron chi connectivity index (χ1n) is 17.9. The summed E-state index contributed by atoms with van der Waals surface area (Å²) in [5.74, 6) is -2.61. The molecular weight excluding hydrogens is 827 g/mol. The summed E-state index contributed by atoms with van der Waals surface area (Å²) in [4.78, 5) is 66.7. The van der Waals surface area contributed by atoms with Gasteiger partial charge < -0.3 is 38.6 Å². The number of rotatable bonds is 13. The zero-order chi connectivity index (χ0) is 43.6. The fourth-order valence-electron chi connectivity index (χ4n) is 5.48. The van der Waals surface area contributed by atoms with E-state index in [4.69, 9.17) is 47.4 Å². The summed E-state index contributed by atoms with van der Waals surface area (Å²) in [5, 5.41) is 10.1. The number of imide groups is 1. The summed E-state index contributed by atoms with van der Waals surface area (Å²) in [6.07, 6.45) is 9.75. The van der Waals surface area contributed by atoms with Crippen molar-refractivity contribution in [1.82, 2.24) is 5.32 Å². The number of cyclic esters (lactones) is 1. The van der Waals surface area contributed by atoms with Gasteiger partial charge in [0.1, 0.15) is 25.0 Å². The number of amides is 3. The Kier molecular flexibility index (Phi) is 23.0. The van der Waals surface area contributed by atoms with Crippen molar-refractivity contribution in [2.45, 2.75) is 78.9 Å².